The van der Waals surface area contributed by atoms with Gasteiger partial charge < -0.3 is 15.4 Å². The van der Waals surface area contributed by atoms with Crippen LogP contribution in [0.1, 0.15) is 13.3 Å². The summed E-state index contributed by atoms with van der Waals surface area (Å²) in [4.78, 5) is 0. The van der Waals surface area contributed by atoms with Crippen molar-refractivity contribution in [2.45, 2.75) is 13.3 Å². The van der Waals surface area contributed by atoms with Crippen molar-refractivity contribution in [2.75, 3.05) is 25.1 Å². The second-order valence-electron chi connectivity index (χ2n) is 3.59. The van der Waals surface area contributed by atoms with E-state index in [1.54, 1.807) is 18.2 Å². The molecular formula is C12H16Cl2N2OS. The van der Waals surface area contributed by atoms with E-state index in [1.807, 2.05) is 6.92 Å². The van der Waals surface area contributed by atoms with E-state index in [2.05, 4.69) is 10.6 Å². The average molecular weight is 307 g/mol. The number of halogens is 2. The molecule has 0 amide bonds. The van der Waals surface area contributed by atoms with Crippen molar-refractivity contribution in [1.82, 2.24) is 5.32 Å². The van der Waals surface area contributed by atoms with Crippen LogP contribution in [-0.4, -0.2) is 24.9 Å². The third-order valence-electron chi connectivity index (χ3n) is 2.08. The highest BCUT2D eigenvalue weighted by Crippen LogP contribution is 2.22. The largest absolute Gasteiger partial charge is 0.382 e. The minimum absolute atomic E-state index is 0.546. The first kappa shape index (κ1) is 15.5. The summed E-state index contributed by atoms with van der Waals surface area (Å²) in [6.07, 6.45) is 0.909. The van der Waals surface area contributed by atoms with Crippen LogP contribution < -0.4 is 10.6 Å². The summed E-state index contributed by atoms with van der Waals surface area (Å²) in [6.45, 7) is 4.21. The lowest BCUT2D eigenvalue weighted by Gasteiger charge is -2.11. The Morgan fingerprint density at radius 2 is 1.94 bits per heavy atom. The molecule has 0 radical (unpaired) electrons. The van der Waals surface area contributed by atoms with Crippen molar-refractivity contribution < 1.29 is 4.74 Å². The van der Waals surface area contributed by atoms with Gasteiger partial charge >= 0.3 is 0 Å². The molecule has 2 N–H and O–H groups in total. The van der Waals surface area contributed by atoms with Gasteiger partial charge in [0.1, 0.15) is 0 Å². The van der Waals surface area contributed by atoms with Crippen LogP contribution in [0.5, 0.6) is 0 Å². The Labute approximate surface area is 123 Å². The number of hydrogen-bond acceptors (Lipinski definition) is 2. The molecule has 0 unspecified atom stereocenters. The molecule has 0 aliphatic rings. The number of thiocarbonyl (C=S) groups is 1. The first-order chi connectivity index (χ1) is 8.61. The summed E-state index contributed by atoms with van der Waals surface area (Å²) in [7, 11) is 0. The lowest BCUT2D eigenvalue weighted by Crippen LogP contribution is -2.29. The average Bonchev–Trinajstić information content (AvgIpc) is 2.27. The maximum atomic E-state index is 5.89. The van der Waals surface area contributed by atoms with Crippen molar-refractivity contribution in [1.29, 1.82) is 0 Å². The summed E-state index contributed by atoms with van der Waals surface area (Å²) >= 11 is 16.9. The second-order valence-corrected chi connectivity index (χ2v) is 4.87. The molecule has 6 heteroatoms. The third kappa shape index (κ3) is 6.40. The van der Waals surface area contributed by atoms with Crippen molar-refractivity contribution in [3.8, 4) is 0 Å². The van der Waals surface area contributed by atoms with Gasteiger partial charge in [0.25, 0.3) is 0 Å². The summed E-state index contributed by atoms with van der Waals surface area (Å²) < 4.78 is 5.23. The maximum Gasteiger partial charge on any atom is 0.170 e. The van der Waals surface area contributed by atoms with Gasteiger partial charge in [-0.15, -0.1) is 0 Å². The minimum Gasteiger partial charge on any atom is -0.382 e. The second kappa shape index (κ2) is 8.53. The number of nitrogens with one attached hydrogen (secondary N) is 2. The molecule has 0 saturated carbocycles. The Balaban J connectivity index is 2.31. The summed E-state index contributed by atoms with van der Waals surface area (Å²) in [6, 6.07) is 5.20. The molecule has 1 aromatic carbocycles. The van der Waals surface area contributed by atoms with Gasteiger partial charge in [0.05, 0.1) is 0 Å². The Hall–Kier alpha value is -0.550. The molecule has 3 nitrogen and oxygen atoms in total. The number of hydrogen-bond donors (Lipinski definition) is 2. The van der Waals surface area contributed by atoms with Gasteiger partial charge in [0.15, 0.2) is 5.11 Å². The fourth-order valence-corrected chi connectivity index (χ4v) is 2.07. The van der Waals surface area contributed by atoms with E-state index in [9.17, 15) is 0 Å². The molecule has 0 saturated heterocycles. The molecule has 0 heterocycles. The van der Waals surface area contributed by atoms with E-state index < -0.39 is 0 Å². The zero-order chi connectivity index (χ0) is 13.4. The first-order valence-electron chi connectivity index (χ1n) is 5.70. The van der Waals surface area contributed by atoms with Gasteiger partial charge in [0.2, 0.25) is 0 Å². The van der Waals surface area contributed by atoms with E-state index in [0.717, 1.165) is 31.9 Å². The molecule has 0 aliphatic carbocycles. The summed E-state index contributed by atoms with van der Waals surface area (Å²) in [5.41, 5.74) is 0.773. The van der Waals surface area contributed by atoms with Crippen LogP contribution in [0.15, 0.2) is 18.2 Å². The van der Waals surface area contributed by atoms with Gasteiger partial charge in [-0.1, -0.05) is 23.2 Å². The van der Waals surface area contributed by atoms with E-state index in [1.165, 1.54) is 0 Å². The fraction of sp³-hybridized carbons (Fsp3) is 0.417. The highest BCUT2D eigenvalue weighted by Gasteiger charge is 2.00. The van der Waals surface area contributed by atoms with Crippen molar-refractivity contribution in [3.05, 3.63) is 28.2 Å². The SMILES string of the molecule is CCOCCCNC(=S)Nc1cc(Cl)cc(Cl)c1. The monoisotopic (exact) mass is 306 g/mol. The molecule has 0 atom stereocenters. The summed E-state index contributed by atoms with van der Waals surface area (Å²) in [5, 5.41) is 7.80. The number of rotatable bonds is 6. The lowest BCUT2D eigenvalue weighted by molar-refractivity contribution is 0.146. The molecule has 100 valence electrons. The molecule has 0 aromatic heterocycles. The van der Waals surface area contributed by atoms with Crippen LogP contribution in [0, 0.1) is 0 Å². The van der Waals surface area contributed by atoms with Crippen LogP contribution >= 0.6 is 35.4 Å². The zero-order valence-corrected chi connectivity index (χ0v) is 12.5. The molecular weight excluding hydrogens is 291 g/mol. The molecule has 0 bridgehead atoms. The minimum atomic E-state index is 0.546. The van der Waals surface area contributed by atoms with Crippen molar-refractivity contribution in [2.24, 2.45) is 0 Å². The fourth-order valence-electron chi connectivity index (χ4n) is 1.32. The Morgan fingerprint density at radius 3 is 2.56 bits per heavy atom. The van der Waals surface area contributed by atoms with Crippen LogP contribution in [0.3, 0.4) is 0 Å². The number of benzene rings is 1. The smallest absolute Gasteiger partial charge is 0.170 e. The first-order valence-corrected chi connectivity index (χ1v) is 6.87. The van der Waals surface area contributed by atoms with Gasteiger partial charge in [-0.25, -0.2) is 0 Å². The van der Waals surface area contributed by atoms with Crippen LogP contribution in [0.4, 0.5) is 5.69 Å². The Bertz CT molecular complexity index is 381. The molecule has 0 aliphatic heterocycles. The van der Waals surface area contributed by atoms with E-state index in [0.29, 0.717) is 15.2 Å². The van der Waals surface area contributed by atoms with Crippen molar-refractivity contribution >= 4 is 46.2 Å². The number of anilines is 1. The summed E-state index contributed by atoms with van der Waals surface area (Å²) in [5.74, 6) is 0. The van der Waals surface area contributed by atoms with Gasteiger partial charge in [-0.2, -0.15) is 0 Å². The Morgan fingerprint density at radius 1 is 1.28 bits per heavy atom. The highest BCUT2D eigenvalue weighted by molar-refractivity contribution is 7.80. The van der Waals surface area contributed by atoms with E-state index in [4.69, 9.17) is 40.2 Å². The topological polar surface area (TPSA) is 33.3 Å². The maximum absolute atomic E-state index is 5.89. The predicted octanol–water partition coefficient (Wildman–Crippen LogP) is 3.71. The van der Waals surface area contributed by atoms with Gasteiger partial charge in [-0.05, 0) is 43.8 Å². The van der Waals surface area contributed by atoms with Gasteiger partial charge in [-0.3, -0.25) is 0 Å². The zero-order valence-electron chi connectivity index (χ0n) is 10.1. The van der Waals surface area contributed by atoms with Crippen molar-refractivity contribution in [3.63, 3.8) is 0 Å². The van der Waals surface area contributed by atoms with Crippen LogP contribution in [-0.2, 0) is 4.74 Å². The van der Waals surface area contributed by atoms with E-state index >= 15 is 0 Å². The van der Waals surface area contributed by atoms with E-state index in [-0.39, 0.29) is 0 Å². The standard InChI is InChI=1S/C12H16Cl2N2OS/c1-2-17-5-3-4-15-12(18)16-11-7-9(13)6-10(14)8-11/h6-8H,2-5H2,1H3,(H2,15,16,18). The number of ether oxygens (including phenoxy) is 1. The predicted molar refractivity (Wildman–Crippen MR) is 81.8 cm³/mol. The molecule has 1 aromatic rings. The molecule has 1 rings (SSSR count). The third-order valence-corrected chi connectivity index (χ3v) is 2.76. The van der Waals surface area contributed by atoms with Gasteiger partial charge in [0, 0.05) is 35.5 Å². The molecule has 0 fully saturated rings. The normalized spacial score (nSPS) is 10.2. The van der Waals surface area contributed by atoms with Crippen LogP contribution in [0.2, 0.25) is 10.0 Å². The molecule has 18 heavy (non-hydrogen) atoms. The van der Waals surface area contributed by atoms with Crippen LogP contribution in [0.25, 0.3) is 0 Å². The lowest BCUT2D eigenvalue weighted by atomic mass is 10.3. The Kier molecular flexibility index (Phi) is 7.35. The molecule has 0 spiro atoms. The quantitative estimate of drug-likeness (QED) is 0.620. The highest BCUT2D eigenvalue weighted by atomic mass is 35.5.